The van der Waals surface area contributed by atoms with Gasteiger partial charge in [-0.1, -0.05) is 0 Å². The summed E-state index contributed by atoms with van der Waals surface area (Å²) in [4.78, 5) is 10.3. The number of aliphatic hydroxyl groups excluding tert-OH is 1. The van der Waals surface area contributed by atoms with E-state index in [0.717, 1.165) is 0 Å². The van der Waals surface area contributed by atoms with E-state index in [1.807, 2.05) is 0 Å². The SMILES string of the molecule is O=C1C=C[C@H](O)CN1. The zero-order valence-electron chi connectivity index (χ0n) is 4.29. The molecule has 1 heterocycles. The number of hydrogen-bond acceptors (Lipinski definition) is 2. The lowest BCUT2D eigenvalue weighted by atomic mass is 10.2. The van der Waals surface area contributed by atoms with Crippen LogP contribution in [0, 0.1) is 0 Å². The molecule has 1 aliphatic rings. The van der Waals surface area contributed by atoms with Crippen LogP contribution in [0.15, 0.2) is 12.2 Å². The van der Waals surface area contributed by atoms with Gasteiger partial charge in [-0.05, 0) is 6.08 Å². The van der Waals surface area contributed by atoms with E-state index in [9.17, 15) is 4.79 Å². The maximum absolute atomic E-state index is 10.3. The van der Waals surface area contributed by atoms with Crippen molar-refractivity contribution >= 4 is 5.91 Å². The second kappa shape index (κ2) is 1.96. The zero-order chi connectivity index (χ0) is 5.98. The fourth-order valence-corrected chi connectivity index (χ4v) is 0.531. The van der Waals surface area contributed by atoms with Crippen LogP contribution < -0.4 is 5.32 Å². The van der Waals surface area contributed by atoms with Gasteiger partial charge in [0.05, 0.1) is 6.10 Å². The third-order valence-electron chi connectivity index (χ3n) is 0.955. The first kappa shape index (κ1) is 5.31. The fraction of sp³-hybridized carbons (Fsp3) is 0.400. The summed E-state index contributed by atoms with van der Waals surface area (Å²) in [7, 11) is 0. The molecule has 3 heteroatoms. The van der Waals surface area contributed by atoms with Gasteiger partial charge >= 0.3 is 0 Å². The Morgan fingerprint density at radius 1 is 1.88 bits per heavy atom. The normalized spacial score (nSPS) is 27.6. The molecule has 1 atom stereocenters. The van der Waals surface area contributed by atoms with Gasteiger partial charge in [0, 0.05) is 12.6 Å². The Labute approximate surface area is 47.0 Å². The molecule has 0 fully saturated rings. The lowest BCUT2D eigenvalue weighted by molar-refractivity contribution is -0.117. The molecule has 8 heavy (non-hydrogen) atoms. The maximum atomic E-state index is 10.3. The first-order valence-electron chi connectivity index (χ1n) is 2.43. The number of β-amino-alcohol motifs (C(OH)–C–C–N with tert-alkyl or cyclic N) is 1. The molecule has 0 aliphatic carbocycles. The summed E-state index contributed by atoms with van der Waals surface area (Å²) < 4.78 is 0. The van der Waals surface area contributed by atoms with E-state index >= 15 is 0 Å². The monoisotopic (exact) mass is 113 g/mol. The Hall–Kier alpha value is -0.830. The Bertz CT molecular complexity index is 130. The van der Waals surface area contributed by atoms with Crippen molar-refractivity contribution in [3.63, 3.8) is 0 Å². The van der Waals surface area contributed by atoms with E-state index in [1.54, 1.807) is 0 Å². The van der Waals surface area contributed by atoms with Crippen LogP contribution in [0.1, 0.15) is 0 Å². The van der Waals surface area contributed by atoms with E-state index in [1.165, 1.54) is 12.2 Å². The van der Waals surface area contributed by atoms with Gasteiger partial charge in [0.1, 0.15) is 0 Å². The van der Waals surface area contributed by atoms with Crippen molar-refractivity contribution in [2.45, 2.75) is 6.10 Å². The zero-order valence-corrected chi connectivity index (χ0v) is 4.29. The molecule has 0 unspecified atom stereocenters. The van der Waals surface area contributed by atoms with Crippen LogP contribution >= 0.6 is 0 Å². The van der Waals surface area contributed by atoms with Crippen LogP contribution in [0.4, 0.5) is 0 Å². The molecular formula is C5H7NO2. The highest BCUT2D eigenvalue weighted by molar-refractivity contribution is 5.88. The standard InChI is InChI=1S/C5H7NO2/c7-4-1-2-5(8)6-3-4/h1-2,4,7H,3H2,(H,6,8)/t4-/m0/s1. The summed E-state index contributed by atoms with van der Waals surface area (Å²) in [6, 6.07) is 0. The highest BCUT2D eigenvalue weighted by Crippen LogP contribution is 1.89. The lowest BCUT2D eigenvalue weighted by Crippen LogP contribution is -2.33. The van der Waals surface area contributed by atoms with Gasteiger partial charge in [-0.15, -0.1) is 0 Å². The van der Waals surface area contributed by atoms with Gasteiger partial charge in [0.2, 0.25) is 5.91 Å². The van der Waals surface area contributed by atoms with Crippen LogP contribution in [0.5, 0.6) is 0 Å². The highest BCUT2D eigenvalue weighted by Gasteiger charge is 2.06. The number of nitrogens with one attached hydrogen (secondary N) is 1. The smallest absolute Gasteiger partial charge is 0.243 e. The summed E-state index contributed by atoms with van der Waals surface area (Å²) in [6.07, 6.45) is 2.31. The molecular weight excluding hydrogens is 106 g/mol. The van der Waals surface area contributed by atoms with Gasteiger partial charge in [-0.2, -0.15) is 0 Å². The van der Waals surface area contributed by atoms with Crippen molar-refractivity contribution < 1.29 is 9.90 Å². The lowest BCUT2D eigenvalue weighted by Gasteiger charge is -2.09. The van der Waals surface area contributed by atoms with Crippen LogP contribution in [0.3, 0.4) is 0 Å². The highest BCUT2D eigenvalue weighted by atomic mass is 16.3. The van der Waals surface area contributed by atoms with Crippen molar-refractivity contribution in [2.75, 3.05) is 6.54 Å². The van der Waals surface area contributed by atoms with E-state index in [-0.39, 0.29) is 5.91 Å². The summed E-state index contributed by atoms with van der Waals surface area (Å²) in [5.41, 5.74) is 0. The molecule has 44 valence electrons. The summed E-state index contributed by atoms with van der Waals surface area (Å²) >= 11 is 0. The number of rotatable bonds is 0. The third kappa shape index (κ3) is 1.07. The molecule has 1 amide bonds. The minimum absolute atomic E-state index is 0.129. The van der Waals surface area contributed by atoms with Gasteiger partial charge in [-0.25, -0.2) is 0 Å². The predicted octanol–water partition coefficient (Wildman–Crippen LogP) is -0.967. The summed E-state index contributed by atoms with van der Waals surface area (Å²) in [6.45, 7) is 0.343. The Morgan fingerprint density at radius 3 is 3.00 bits per heavy atom. The van der Waals surface area contributed by atoms with E-state index < -0.39 is 6.10 Å². The van der Waals surface area contributed by atoms with Gasteiger partial charge in [-0.3, -0.25) is 4.79 Å². The largest absolute Gasteiger partial charge is 0.387 e. The van der Waals surface area contributed by atoms with E-state index in [0.29, 0.717) is 6.54 Å². The Balaban J connectivity index is 2.55. The topological polar surface area (TPSA) is 49.3 Å². The van der Waals surface area contributed by atoms with Crippen molar-refractivity contribution in [1.29, 1.82) is 0 Å². The molecule has 0 aromatic heterocycles. The molecule has 2 N–H and O–H groups in total. The Kier molecular flexibility index (Phi) is 1.30. The number of hydrogen-bond donors (Lipinski definition) is 2. The maximum Gasteiger partial charge on any atom is 0.243 e. The summed E-state index contributed by atoms with van der Waals surface area (Å²) in [5.74, 6) is -0.129. The van der Waals surface area contributed by atoms with Gasteiger partial charge in [0.15, 0.2) is 0 Å². The molecule has 0 aromatic carbocycles. The van der Waals surface area contributed by atoms with Crippen molar-refractivity contribution in [3.05, 3.63) is 12.2 Å². The number of carbonyl (C=O) groups excluding carboxylic acids is 1. The number of aliphatic hydroxyl groups is 1. The van der Waals surface area contributed by atoms with Crippen molar-refractivity contribution in [3.8, 4) is 0 Å². The second-order valence-corrected chi connectivity index (χ2v) is 1.67. The van der Waals surface area contributed by atoms with Crippen LogP contribution in [-0.2, 0) is 4.79 Å². The van der Waals surface area contributed by atoms with E-state index in [4.69, 9.17) is 5.11 Å². The fourth-order valence-electron chi connectivity index (χ4n) is 0.531. The molecule has 0 spiro atoms. The van der Waals surface area contributed by atoms with Gasteiger partial charge < -0.3 is 10.4 Å². The molecule has 1 aliphatic heterocycles. The third-order valence-corrected chi connectivity index (χ3v) is 0.955. The van der Waals surface area contributed by atoms with Crippen LogP contribution in [-0.4, -0.2) is 23.7 Å². The Morgan fingerprint density at radius 2 is 2.62 bits per heavy atom. The van der Waals surface area contributed by atoms with Crippen LogP contribution in [0.25, 0.3) is 0 Å². The average molecular weight is 113 g/mol. The molecule has 1 rings (SSSR count). The molecule has 0 bridgehead atoms. The molecule has 0 saturated carbocycles. The molecule has 0 saturated heterocycles. The molecule has 0 aromatic rings. The molecule has 0 radical (unpaired) electrons. The van der Waals surface area contributed by atoms with Crippen LogP contribution in [0.2, 0.25) is 0 Å². The van der Waals surface area contributed by atoms with E-state index in [2.05, 4.69) is 5.32 Å². The summed E-state index contributed by atoms with van der Waals surface area (Å²) in [5, 5.41) is 11.2. The molecule has 3 nitrogen and oxygen atoms in total. The second-order valence-electron chi connectivity index (χ2n) is 1.67. The number of amides is 1. The quantitative estimate of drug-likeness (QED) is 0.425. The van der Waals surface area contributed by atoms with Crippen molar-refractivity contribution in [2.24, 2.45) is 0 Å². The number of carbonyl (C=O) groups is 1. The van der Waals surface area contributed by atoms with Gasteiger partial charge in [0.25, 0.3) is 0 Å². The first-order valence-corrected chi connectivity index (χ1v) is 2.43. The minimum atomic E-state index is -0.493. The first-order chi connectivity index (χ1) is 3.79. The predicted molar refractivity (Wildman–Crippen MR) is 28.2 cm³/mol. The average Bonchev–Trinajstić information content (AvgIpc) is 1.77. The minimum Gasteiger partial charge on any atom is -0.387 e. The van der Waals surface area contributed by atoms with Crippen molar-refractivity contribution in [1.82, 2.24) is 5.32 Å².